The lowest BCUT2D eigenvalue weighted by Gasteiger charge is -2.39. The van der Waals surface area contributed by atoms with Crippen molar-refractivity contribution in [3.63, 3.8) is 0 Å². The molecule has 0 radical (unpaired) electrons. The van der Waals surface area contributed by atoms with Crippen molar-refractivity contribution in [1.82, 2.24) is 10.2 Å². The predicted molar refractivity (Wildman–Crippen MR) is 88.4 cm³/mol. The van der Waals surface area contributed by atoms with Crippen molar-refractivity contribution in [1.29, 1.82) is 0 Å². The second kappa shape index (κ2) is 7.75. The van der Waals surface area contributed by atoms with Crippen molar-refractivity contribution in [2.45, 2.75) is 45.7 Å². The Hall–Kier alpha value is -1.39. The van der Waals surface area contributed by atoms with E-state index in [4.69, 9.17) is 0 Å². The molecule has 1 fully saturated rings. The van der Waals surface area contributed by atoms with Gasteiger partial charge >= 0.3 is 0 Å². The average molecular weight is 304 g/mol. The van der Waals surface area contributed by atoms with Crippen LogP contribution in [0.4, 0.5) is 0 Å². The number of rotatable bonds is 6. The first kappa shape index (κ1) is 17.0. The largest absolute Gasteiger partial charge is 0.394 e. The fraction of sp³-hybridized carbons (Fsp3) is 0.611. The van der Waals surface area contributed by atoms with Crippen molar-refractivity contribution in [3.8, 4) is 0 Å². The lowest BCUT2D eigenvalue weighted by Crippen LogP contribution is -2.50. The zero-order valence-corrected chi connectivity index (χ0v) is 13.7. The molecule has 0 unspecified atom stereocenters. The van der Waals surface area contributed by atoms with Crippen LogP contribution in [0, 0.1) is 5.41 Å². The fourth-order valence-corrected chi connectivity index (χ4v) is 2.91. The second-order valence-corrected chi connectivity index (χ2v) is 6.58. The van der Waals surface area contributed by atoms with E-state index in [2.05, 4.69) is 34.5 Å². The van der Waals surface area contributed by atoms with Gasteiger partial charge in [-0.15, -0.1) is 0 Å². The summed E-state index contributed by atoms with van der Waals surface area (Å²) < 4.78 is 0. The van der Waals surface area contributed by atoms with Gasteiger partial charge in [0.05, 0.1) is 12.6 Å². The van der Waals surface area contributed by atoms with Gasteiger partial charge in [0, 0.05) is 12.0 Å². The lowest BCUT2D eigenvalue weighted by molar-refractivity contribution is -0.134. The molecular formula is C18H28N2O2. The predicted octanol–water partition coefficient (Wildman–Crippen LogP) is 2.18. The van der Waals surface area contributed by atoms with Crippen LogP contribution in [0.1, 0.15) is 38.7 Å². The van der Waals surface area contributed by atoms with Gasteiger partial charge in [0.25, 0.3) is 0 Å². The maximum absolute atomic E-state index is 12.5. The summed E-state index contributed by atoms with van der Waals surface area (Å²) in [4.78, 5) is 14.9. The Morgan fingerprint density at radius 2 is 1.95 bits per heavy atom. The second-order valence-electron chi connectivity index (χ2n) is 6.58. The van der Waals surface area contributed by atoms with Gasteiger partial charge < -0.3 is 10.4 Å². The molecule has 1 amide bonds. The van der Waals surface area contributed by atoms with E-state index in [-0.39, 0.29) is 24.0 Å². The molecule has 0 bridgehead atoms. The zero-order chi connectivity index (χ0) is 16.0. The third kappa shape index (κ3) is 4.31. The molecule has 1 aliphatic rings. The first-order valence-corrected chi connectivity index (χ1v) is 8.25. The van der Waals surface area contributed by atoms with Crippen LogP contribution in [0.25, 0.3) is 0 Å². The first-order chi connectivity index (χ1) is 10.6. The molecule has 2 N–H and O–H groups in total. The minimum Gasteiger partial charge on any atom is -0.394 e. The fourth-order valence-electron chi connectivity index (χ4n) is 2.91. The molecule has 0 saturated carbocycles. The van der Waals surface area contributed by atoms with Crippen LogP contribution < -0.4 is 5.32 Å². The van der Waals surface area contributed by atoms with Gasteiger partial charge in [-0.2, -0.15) is 0 Å². The van der Waals surface area contributed by atoms with Crippen LogP contribution in [0.3, 0.4) is 0 Å². The van der Waals surface area contributed by atoms with E-state index >= 15 is 0 Å². The molecular weight excluding hydrogens is 276 g/mol. The highest BCUT2D eigenvalue weighted by Crippen LogP contribution is 2.31. The zero-order valence-electron chi connectivity index (χ0n) is 13.7. The maximum atomic E-state index is 12.5. The Bertz CT molecular complexity index is 463. The molecule has 1 atom stereocenters. The van der Waals surface area contributed by atoms with Gasteiger partial charge in [0.1, 0.15) is 0 Å². The van der Waals surface area contributed by atoms with E-state index in [0.29, 0.717) is 0 Å². The van der Waals surface area contributed by atoms with E-state index < -0.39 is 0 Å². The van der Waals surface area contributed by atoms with Gasteiger partial charge in [-0.25, -0.2) is 0 Å². The third-order valence-corrected chi connectivity index (χ3v) is 4.81. The summed E-state index contributed by atoms with van der Waals surface area (Å²) in [6.07, 6.45) is 2.50. The summed E-state index contributed by atoms with van der Waals surface area (Å²) in [5, 5.41) is 12.2. The average Bonchev–Trinajstić information content (AvgIpc) is 2.55. The Morgan fingerprint density at radius 3 is 2.50 bits per heavy atom. The van der Waals surface area contributed by atoms with Crippen molar-refractivity contribution < 1.29 is 9.90 Å². The number of aliphatic hydroxyl groups excluding tert-OH is 1. The van der Waals surface area contributed by atoms with E-state index in [9.17, 15) is 9.90 Å². The van der Waals surface area contributed by atoms with E-state index in [0.717, 1.165) is 38.9 Å². The lowest BCUT2D eigenvalue weighted by atomic mass is 9.79. The molecule has 1 heterocycles. The van der Waals surface area contributed by atoms with Gasteiger partial charge in [0.15, 0.2) is 0 Å². The number of likely N-dealkylation sites (tertiary alicyclic amines) is 1. The molecule has 1 aromatic carbocycles. The standard InChI is InChI=1S/C18H28N2O2/c1-3-16(14-21)19-17(22)18(2)9-11-20(12-10-18)13-15-7-5-4-6-8-15/h4-8,16,21H,3,9-14H2,1-2H3,(H,19,22)/t16-/m1/s1. The van der Waals surface area contributed by atoms with Gasteiger partial charge in [-0.1, -0.05) is 44.2 Å². The van der Waals surface area contributed by atoms with E-state index in [1.807, 2.05) is 19.9 Å². The highest BCUT2D eigenvalue weighted by Gasteiger charge is 2.37. The quantitative estimate of drug-likeness (QED) is 0.847. The molecule has 4 nitrogen and oxygen atoms in total. The van der Waals surface area contributed by atoms with Gasteiger partial charge in [0.2, 0.25) is 5.91 Å². The number of hydrogen-bond donors (Lipinski definition) is 2. The SMILES string of the molecule is CC[C@H](CO)NC(=O)C1(C)CCN(Cc2ccccc2)CC1. The summed E-state index contributed by atoms with van der Waals surface area (Å²) in [7, 11) is 0. The number of nitrogens with one attached hydrogen (secondary N) is 1. The number of carbonyl (C=O) groups excluding carboxylic acids is 1. The van der Waals surface area contributed by atoms with Crippen LogP contribution in [0.5, 0.6) is 0 Å². The Labute approximate surface area is 133 Å². The molecule has 0 aliphatic carbocycles. The van der Waals surface area contributed by atoms with Gasteiger partial charge in [-0.05, 0) is 37.9 Å². The molecule has 1 aromatic rings. The molecule has 1 saturated heterocycles. The molecule has 4 heteroatoms. The number of amides is 1. The number of benzene rings is 1. The van der Waals surface area contributed by atoms with Crippen molar-refractivity contribution in [2.75, 3.05) is 19.7 Å². The van der Waals surface area contributed by atoms with Crippen LogP contribution in [-0.4, -0.2) is 41.7 Å². The number of carbonyl (C=O) groups is 1. The maximum Gasteiger partial charge on any atom is 0.226 e. The number of hydrogen-bond acceptors (Lipinski definition) is 3. The number of aliphatic hydroxyl groups is 1. The molecule has 2 rings (SSSR count). The Morgan fingerprint density at radius 1 is 1.32 bits per heavy atom. The molecule has 0 spiro atoms. The highest BCUT2D eigenvalue weighted by molar-refractivity contribution is 5.82. The number of piperidine rings is 1. The van der Waals surface area contributed by atoms with Crippen molar-refractivity contribution >= 4 is 5.91 Å². The first-order valence-electron chi connectivity index (χ1n) is 8.25. The Kier molecular flexibility index (Phi) is 5.98. The topological polar surface area (TPSA) is 52.6 Å². The molecule has 22 heavy (non-hydrogen) atoms. The van der Waals surface area contributed by atoms with Crippen LogP contribution in [-0.2, 0) is 11.3 Å². The minimum atomic E-state index is -0.310. The monoisotopic (exact) mass is 304 g/mol. The highest BCUT2D eigenvalue weighted by atomic mass is 16.3. The van der Waals surface area contributed by atoms with Crippen LogP contribution in [0.2, 0.25) is 0 Å². The summed E-state index contributed by atoms with van der Waals surface area (Å²) in [5.41, 5.74) is 1.01. The normalized spacial score (nSPS) is 19.6. The molecule has 122 valence electrons. The van der Waals surface area contributed by atoms with E-state index in [1.54, 1.807) is 0 Å². The summed E-state index contributed by atoms with van der Waals surface area (Å²) in [6, 6.07) is 10.3. The van der Waals surface area contributed by atoms with Crippen LogP contribution >= 0.6 is 0 Å². The smallest absolute Gasteiger partial charge is 0.226 e. The molecule has 0 aromatic heterocycles. The Balaban J connectivity index is 1.86. The van der Waals surface area contributed by atoms with Gasteiger partial charge in [-0.3, -0.25) is 9.69 Å². The van der Waals surface area contributed by atoms with Crippen molar-refractivity contribution in [3.05, 3.63) is 35.9 Å². The summed E-state index contributed by atoms with van der Waals surface area (Å²) in [6.45, 7) is 6.87. The third-order valence-electron chi connectivity index (χ3n) is 4.81. The summed E-state index contributed by atoms with van der Waals surface area (Å²) >= 11 is 0. The van der Waals surface area contributed by atoms with E-state index in [1.165, 1.54) is 5.56 Å². The van der Waals surface area contributed by atoms with Crippen LogP contribution in [0.15, 0.2) is 30.3 Å². The van der Waals surface area contributed by atoms with Crippen molar-refractivity contribution in [2.24, 2.45) is 5.41 Å². The minimum absolute atomic E-state index is 0.0124. The summed E-state index contributed by atoms with van der Waals surface area (Å²) in [5.74, 6) is 0.0905. The molecule has 1 aliphatic heterocycles. The number of nitrogens with zero attached hydrogens (tertiary/aromatic N) is 1.